The van der Waals surface area contributed by atoms with Crippen LogP contribution in [0.4, 0.5) is 4.39 Å². The number of hydrogen-bond donors (Lipinski definition) is 1. The highest BCUT2D eigenvalue weighted by Crippen LogP contribution is 2.07. The van der Waals surface area contributed by atoms with Crippen LogP contribution in [0.1, 0.15) is 30.9 Å². The third-order valence-corrected chi connectivity index (χ3v) is 2.17. The topological polar surface area (TPSA) is 26.0 Å². The van der Waals surface area contributed by atoms with E-state index in [4.69, 9.17) is 5.73 Å². The Hall–Kier alpha value is -1.33. The Balaban J connectivity index is 2.76. The van der Waals surface area contributed by atoms with Gasteiger partial charge in [0.05, 0.1) is 6.04 Å². The molecule has 0 aliphatic rings. The van der Waals surface area contributed by atoms with Crippen molar-refractivity contribution in [1.82, 2.24) is 0 Å². The molecule has 1 unspecified atom stereocenters. The van der Waals surface area contributed by atoms with E-state index in [0.717, 1.165) is 12.8 Å². The van der Waals surface area contributed by atoms with Crippen molar-refractivity contribution >= 4 is 0 Å². The molecule has 2 N–H and O–H groups in total. The molecule has 0 saturated heterocycles. The molecule has 2 heteroatoms. The maximum atomic E-state index is 13.2. The molecule has 0 spiro atoms. The van der Waals surface area contributed by atoms with E-state index in [1.54, 1.807) is 13.0 Å². The zero-order valence-corrected chi connectivity index (χ0v) is 9.18. The van der Waals surface area contributed by atoms with Crippen LogP contribution >= 0.6 is 0 Å². The van der Waals surface area contributed by atoms with Gasteiger partial charge in [-0.1, -0.05) is 31.3 Å². The van der Waals surface area contributed by atoms with Crippen LogP contribution in [0.5, 0.6) is 0 Å². The molecule has 1 aromatic carbocycles. The summed E-state index contributed by atoms with van der Waals surface area (Å²) in [5.41, 5.74) is 7.05. The van der Waals surface area contributed by atoms with Crippen LogP contribution in [0.15, 0.2) is 18.2 Å². The van der Waals surface area contributed by atoms with E-state index in [0.29, 0.717) is 11.1 Å². The molecule has 0 radical (unpaired) electrons. The van der Waals surface area contributed by atoms with Crippen molar-refractivity contribution in [2.45, 2.75) is 32.7 Å². The Kier molecular flexibility index (Phi) is 4.33. The number of halogens is 1. The summed E-state index contributed by atoms with van der Waals surface area (Å²) in [6.45, 7) is 3.79. The molecule has 0 amide bonds. The van der Waals surface area contributed by atoms with Crippen molar-refractivity contribution in [3.63, 3.8) is 0 Å². The maximum absolute atomic E-state index is 13.2. The third kappa shape index (κ3) is 3.73. The lowest BCUT2D eigenvalue weighted by Crippen LogP contribution is -2.16. The van der Waals surface area contributed by atoms with Gasteiger partial charge in [0.1, 0.15) is 5.82 Å². The minimum Gasteiger partial charge on any atom is -0.318 e. The summed E-state index contributed by atoms with van der Waals surface area (Å²) < 4.78 is 13.2. The van der Waals surface area contributed by atoms with Gasteiger partial charge in [-0.2, -0.15) is 0 Å². The van der Waals surface area contributed by atoms with Crippen molar-refractivity contribution in [3.8, 4) is 11.8 Å². The molecule has 0 heterocycles. The molecule has 80 valence electrons. The maximum Gasteiger partial charge on any atom is 0.127 e. The molecule has 0 aliphatic carbocycles. The fourth-order valence-corrected chi connectivity index (χ4v) is 1.23. The summed E-state index contributed by atoms with van der Waals surface area (Å²) in [5.74, 6) is 5.57. The van der Waals surface area contributed by atoms with Crippen LogP contribution in [-0.2, 0) is 0 Å². The zero-order chi connectivity index (χ0) is 11.3. The summed E-state index contributed by atoms with van der Waals surface area (Å²) in [7, 11) is 0. The first-order valence-electron chi connectivity index (χ1n) is 5.16. The minimum absolute atomic E-state index is 0.112. The highest BCUT2D eigenvalue weighted by molar-refractivity contribution is 5.37. The van der Waals surface area contributed by atoms with Crippen LogP contribution in [0.2, 0.25) is 0 Å². The number of rotatable bonds is 2. The molecule has 1 atom stereocenters. The smallest absolute Gasteiger partial charge is 0.127 e. The monoisotopic (exact) mass is 205 g/mol. The van der Waals surface area contributed by atoms with Gasteiger partial charge in [0.15, 0.2) is 0 Å². The average molecular weight is 205 g/mol. The first kappa shape index (κ1) is 11.7. The van der Waals surface area contributed by atoms with E-state index < -0.39 is 0 Å². The molecule has 1 aromatic rings. The molecular formula is C13H16FN. The van der Waals surface area contributed by atoms with Gasteiger partial charge in [0, 0.05) is 5.56 Å². The second-order valence-electron chi connectivity index (χ2n) is 3.63. The van der Waals surface area contributed by atoms with Gasteiger partial charge in [0.25, 0.3) is 0 Å². The van der Waals surface area contributed by atoms with Gasteiger partial charge < -0.3 is 5.73 Å². The minimum atomic E-state index is -0.217. The lowest BCUT2D eigenvalue weighted by atomic mass is 10.1. The number of aryl methyl sites for hydroxylation is 1. The van der Waals surface area contributed by atoms with Gasteiger partial charge >= 0.3 is 0 Å². The Morgan fingerprint density at radius 1 is 1.47 bits per heavy atom. The van der Waals surface area contributed by atoms with Crippen molar-refractivity contribution in [2.24, 2.45) is 5.73 Å². The molecule has 0 saturated carbocycles. The number of hydrogen-bond acceptors (Lipinski definition) is 1. The summed E-state index contributed by atoms with van der Waals surface area (Å²) in [4.78, 5) is 0. The van der Waals surface area contributed by atoms with Gasteiger partial charge in [0.2, 0.25) is 0 Å². The second kappa shape index (κ2) is 5.53. The summed E-state index contributed by atoms with van der Waals surface area (Å²) in [6, 6.07) is 4.87. The molecule has 15 heavy (non-hydrogen) atoms. The predicted molar refractivity (Wildman–Crippen MR) is 60.9 cm³/mol. The first-order valence-corrected chi connectivity index (χ1v) is 5.16. The van der Waals surface area contributed by atoms with Crippen molar-refractivity contribution in [1.29, 1.82) is 0 Å². The van der Waals surface area contributed by atoms with Crippen molar-refractivity contribution in [2.75, 3.05) is 0 Å². The van der Waals surface area contributed by atoms with Crippen LogP contribution in [0.3, 0.4) is 0 Å². The lowest BCUT2D eigenvalue weighted by molar-refractivity contribution is 0.618. The molecule has 0 fully saturated rings. The zero-order valence-electron chi connectivity index (χ0n) is 9.18. The molecule has 0 aromatic heterocycles. The van der Waals surface area contributed by atoms with E-state index in [1.165, 1.54) is 6.07 Å². The van der Waals surface area contributed by atoms with E-state index >= 15 is 0 Å². The van der Waals surface area contributed by atoms with Crippen LogP contribution in [-0.4, -0.2) is 6.04 Å². The Morgan fingerprint density at radius 3 is 2.80 bits per heavy atom. The highest BCUT2D eigenvalue weighted by atomic mass is 19.1. The van der Waals surface area contributed by atoms with Gasteiger partial charge in [-0.05, 0) is 31.0 Å². The SMILES string of the molecule is CCCC(N)C#Cc1ccc(C)c(F)c1. The first-order chi connectivity index (χ1) is 7.13. The average Bonchev–Trinajstić information content (AvgIpc) is 2.20. The molecular weight excluding hydrogens is 189 g/mol. The van der Waals surface area contributed by atoms with E-state index in [-0.39, 0.29) is 11.9 Å². The molecule has 0 bridgehead atoms. The van der Waals surface area contributed by atoms with E-state index in [2.05, 4.69) is 18.8 Å². The second-order valence-corrected chi connectivity index (χ2v) is 3.63. The van der Waals surface area contributed by atoms with Crippen LogP contribution < -0.4 is 5.73 Å². The van der Waals surface area contributed by atoms with Gasteiger partial charge in [-0.15, -0.1) is 0 Å². The van der Waals surface area contributed by atoms with Crippen molar-refractivity contribution < 1.29 is 4.39 Å². The quantitative estimate of drug-likeness (QED) is 0.738. The Bertz CT molecular complexity index is 387. The van der Waals surface area contributed by atoms with E-state index in [1.807, 2.05) is 6.07 Å². The van der Waals surface area contributed by atoms with Crippen LogP contribution in [0.25, 0.3) is 0 Å². The third-order valence-electron chi connectivity index (χ3n) is 2.17. The standard InChI is InChI=1S/C13H16FN/c1-3-4-12(15)8-7-11-6-5-10(2)13(14)9-11/h5-6,9,12H,3-4,15H2,1-2H3. The lowest BCUT2D eigenvalue weighted by Gasteiger charge is -1.99. The highest BCUT2D eigenvalue weighted by Gasteiger charge is 1.97. The summed E-state index contributed by atoms with van der Waals surface area (Å²) in [6.07, 6.45) is 1.89. The summed E-state index contributed by atoms with van der Waals surface area (Å²) >= 11 is 0. The van der Waals surface area contributed by atoms with Crippen LogP contribution in [0, 0.1) is 24.6 Å². The van der Waals surface area contributed by atoms with Gasteiger partial charge in [-0.25, -0.2) is 4.39 Å². The molecule has 0 aliphatic heterocycles. The van der Waals surface area contributed by atoms with E-state index in [9.17, 15) is 4.39 Å². The fourth-order valence-electron chi connectivity index (χ4n) is 1.23. The fraction of sp³-hybridized carbons (Fsp3) is 0.385. The largest absolute Gasteiger partial charge is 0.318 e. The predicted octanol–water partition coefficient (Wildman–Crippen LogP) is 2.61. The Morgan fingerprint density at radius 2 is 2.20 bits per heavy atom. The summed E-state index contributed by atoms with van der Waals surface area (Å²) in [5, 5.41) is 0. The van der Waals surface area contributed by atoms with Gasteiger partial charge in [-0.3, -0.25) is 0 Å². The molecule has 1 rings (SSSR count). The normalized spacial score (nSPS) is 11.7. The number of benzene rings is 1. The Labute approximate surface area is 90.5 Å². The van der Waals surface area contributed by atoms with Crippen molar-refractivity contribution in [3.05, 3.63) is 35.1 Å². The number of nitrogens with two attached hydrogens (primary N) is 1. The molecule has 1 nitrogen and oxygen atoms in total.